The third-order valence-corrected chi connectivity index (χ3v) is 6.02. The van der Waals surface area contributed by atoms with E-state index in [4.69, 9.17) is 5.11 Å². The second-order valence-corrected chi connectivity index (χ2v) is 8.34. The van der Waals surface area contributed by atoms with Crippen LogP contribution in [0.1, 0.15) is 16.8 Å². The molecule has 0 saturated heterocycles. The van der Waals surface area contributed by atoms with Crippen molar-refractivity contribution in [3.63, 3.8) is 0 Å². The number of aromatic nitrogens is 1. The highest BCUT2D eigenvalue weighted by Crippen LogP contribution is 2.25. The summed E-state index contributed by atoms with van der Waals surface area (Å²) >= 11 is 0. The maximum atomic E-state index is 12.0. The summed E-state index contributed by atoms with van der Waals surface area (Å²) in [6.07, 6.45) is 5.76. The first-order valence-electron chi connectivity index (χ1n) is 8.63. The molecule has 1 heterocycles. The molecule has 0 spiro atoms. The fourth-order valence-electron chi connectivity index (χ4n) is 2.74. The number of hydrogen-bond acceptors (Lipinski definition) is 4. The average molecular weight is 379 g/mol. The maximum absolute atomic E-state index is 12.0. The lowest BCUT2D eigenvalue weighted by Crippen LogP contribution is -2.09. The van der Waals surface area contributed by atoms with E-state index < -0.39 is 9.84 Å². The first-order valence-corrected chi connectivity index (χ1v) is 10.3. The molecule has 3 aromatic rings. The Kier molecular flexibility index (Phi) is 5.84. The van der Waals surface area contributed by atoms with Crippen molar-refractivity contribution in [2.45, 2.75) is 11.8 Å². The Balaban J connectivity index is 1.89. The molecule has 0 saturated carbocycles. The first kappa shape index (κ1) is 19.0. The van der Waals surface area contributed by atoms with E-state index in [2.05, 4.69) is 11.1 Å². The number of aliphatic hydroxyl groups excluding tert-OH is 1. The van der Waals surface area contributed by atoms with Crippen molar-refractivity contribution in [1.82, 2.24) is 4.98 Å². The smallest absolute Gasteiger partial charge is 0.180 e. The van der Waals surface area contributed by atoms with Crippen LogP contribution in [0.15, 0.2) is 71.8 Å². The summed E-state index contributed by atoms with van der Waals surface area (Å²) in [5.41, 5.74) is 5.06. The molecule has 0 bridgehead atoms. The zero-order chi connectivity index (χ0) is 19.3. The highest BCUT2D eigenvalue weighted by molar-refractivity contribution is 7.91. The predicted octanol–water partition coefficient (Wildman–Crippen LogP) is 3.99. The van der Waals surface area contributed by atoms with Gasteiger partial charge < -0.3 is 5.11 Å². The van der Waals surface area contributed by atoms with Gasteiger partial charge in [0, 0.05) is 6.20 Å². The van der Waals surface area contributed by atoms with Gasteiger partial charge in [0.15, 0.2) is 9.84 Å². The van der Waals surface area contributed by atoms with Crippen molar-refractivity contribution >= 4 is 22.0 Å². The lowest BCUT2D eigenvalue weighted by Gasteiger charge is -2.08. The Morgan fingerprint density at radius 2 is 1.70 bits per heavy atom. The molecule has 27 heavy (non-hydrogen) atoms. The van der Waals surface area contributed by atoms with Crippen LogP contribution in [0.2, 0.25) is 0 Å². The summed E-state index contributed by atoms with van der Waals surface area (Å²) in [5, 5.41) is 8.90. The van der Waals surface area contributed by atoms with Crippen molar-refractivity contribution in [3.8, 4) is 11.1 Å². The molecule has 0 fully saturated rings. The monoisotopic (exact) mass is 379 g/mol. The molecule has 0 aliphatic rings. The highest BCUT2D eigenvalue weighted by atomic mass is 32.2. The van der Waals surface area contributed by atoms with E-state index >= 15 is 0 Å². The summed E-state index contributed by atoms with van der Waals surface area (Å²) < 4.78 is 24.0. The number of aryl methyl sites for hydroxylation is 1. The molecule has 0 unspecified atom stereocenters. The van der Waals surface area contributed by atoms with Gasteiger partial charge in [-0.2, -0.15) is 0 Å². The van der Waals surface area contributed by atoms with Crippen LogP contribution in [0.25, 0.3) is 23.3 Å². The lowest BCUT2D eigenvalue weighted by atomic mass is 9.99. The van der Waals surface area contributed by atoms with Gasteiger partial charge in [0.1, 0.15) is 0 Å². The molecule has 1 aromatic heterocycles. The van der Waals surface area contributed by atoms with E-state index in [1.54, 1.807) is 30.5 Å². The molecule has 0 aliphatic heterocycles. The van der Waals surface area contributed by atoms with E-state index in [1.165, 1.54) is 0 Å². The molecule has 0 atom stereocenters. The molecular weight excluding hydrogens is 358 g/mol. The van der Waals surface area contributed by atoms with Gasteiger partial charge >= 0.3 is 0 Å². The van der Waals surface area contributed by atoms with Crippen LogP contribution in [0.3, 0.4) is 0 Å². The van der Waals surface area contributed by atoms with Gasteiger partial charge in [-0.1, -0.05) is 36.4 Å². The molecule has 0 radical (unpaired) electrons. The number of hydrogen-bond donors (Lipinski definition) is 1. The van der Waals surface area contributed by atoms with Crippen molar-refractivity contribution in [3.05, 3.63) is 83.7 Å². The SMILES string of the molecule is Cc1ccc(-c2ccc(S(=O)(=O)CCO)cc2)cc1/C=C\c1ccccn1. The molecule has 0 amide bonds. The minimum atomic E-state index is -3.43. The second-order valence-electron chi connectivity index (χ2n) is 6.23. The third-order valence-electron chi connectivity index (χ3n) is 4.31. The zero-order valence-corrected chi connectivity index (χ0v) is 15.9. The lowest BCUT2D eigenvalue weighted by molar-refractivity contribution is 0.319. The standard InChI is InChI=1S/C22H21NO3S/c1-17-5-6-20(16-19(17)7-10-21-4-2-3-13-23-21)18-8-11-22(12-9-18)27(25,26)15-14-24/h2-13,16,24H,14-15H2,1H3/b10-7-. The zero-order valence-electron chi connectivity index (χ0n) is 15.0. The van der Waals surface area contributed by atoms with Crippen LogP contribution in [0.5, 0.6) is 0 Å². The van der Waals surface area contributed by atoms with Crippen LogP contribution in [-0.2, 0) is 9.84 Å². The van der Waals surface area contributed by atoms with Gasteiger partial charge in [0.25, 0.3) is 0 Å². The summed E-state index contributed by atoms with van der Waals surface area (Å²) in [5.74, 6) is -0.265. The molecule has 5 heteroatoms. The van der Waals surface area contributed by atoms with E-state index in [0.29, 0.717) is 0 Å². The Morgan fingerprint density at radius 1 is 0.963 bits per heavy atom. The average Bonchev–Trinajstić information content (AvgIpc) is 2.68. The quantitative estimate of drug-likeness (QED) is 0.703. The predicted molar refractivity (Wildman–Crippen MR) is 109 cm³/mol. The van der Waals surface area contributed by atoms with E-state index in [1.807, 2.05) is 49.4 Å². The number of rotatable bonds is 6. The number of nitrogens with zero attached hydrogens (tertiary/aromatic N) is 1. The van der Waals surface area contributed by atoms with Crippen LogP contribution in [0, 0.1) is 6.92 Å². The molecule has 1 N–H and O–H groups in total. The summed E-state index contributed by atoms with van der Waals surface area (Å²) in [6.45, 7) is 1.67. The third kappa shape index (κ3) is 4.70. The number of aliphatic hydroxyl groups is 1. The maximum Gasteiger partial charge on any atom is 0.180 e. The summed E-state index contributed by atoms with van der Waals surface area (Å²) in [4.78, 5) is 4.52. The summed E-state index contributed by atoms with van der Waals surface area (Å²) in [7, 11) is -3.43. The second kappa shape index (κ2) is 8.29. The molecule has 2 aromatic carbocycles. The van der Waals surface area contributed by atoms with Gasteiger partial charge in [-0.05, 0) is 65.6 Å². The van der Waals surface area contributed by atoms with Crippen molar-refractivity contribution in [2.24, 2.45) is 0 Å². The topological polar surface area (TPSA) is 67.3 Å². The van der Waals surface area contributed by atoms with Crippen LogP contribution in [0.4, 0.5) is 0 Å². The van der Waals surface area contributed by atoms with Gasteiger partial charge in [-0.15, -0.1) is 0 Å². The Bertz CT molecular complexity index is 1040. The van der Waals surface area contributed by atoms with Gasteiger partial charge in [-0.3, -0.25) is 4.98 Å². The van der Waals surface area contributed by atoms with Gasteiger partial charge in [-0.25, -0.2) is 8.42 Å². The van der Waals surface area contributed by atoms with Crippen molar-refractivity contribution in [1.29, 1.82) is 0 Å². The minimum absolute atomic E-state index is 0.225. The Morgan fingerprint density at radius 3 is 2.37 bits per heavy atom. The van der Waals surface area contributed by atoms with Crippen LogP contribution in [-0.4, -0.2) is 30.9 Å². The Labute approximate surface area is 159 Å². The molecule has 3 rings (SSSR count). The Hall–Kier alpha value is -2.76. The first-order chi connectivity index (χ1) is 13.0. The van der Waals surface area contributed by atoms with Crippen LogP contribution >= 0.6 is 0 Å². The molecule has 4 nitrogen and oxygen atoms in total. The number of benzene rings is 2. The number of pyridine rings is 1. The normalized spacial score (nSPS) is 11.8. The minimum Gasteiger partial charge on any atom is -0.395 e. The largest absolute Gasteiger partial charge is 0.395 e. The number of sulfone groups is 1. The molecule has 138 valence electrons. The van der Waals surface area contributed by atoms with Crippen molar-refractivity contribution < 1.29 is 13.5 Å². The summed E-state index contributed by atoms with van der Waals surface area (Å²) in [6, 6.07) is 18.7. The van der Waals surface area contributed by atoms with E-state index in [0.717, 1.165) is 27.9 Å². The molecular formula is C22H21NO3S. The van der Waals surface area contributed by atoms with E-state index in [-0.39, 0.29) is 17.3 Å². The van der Waals surface area contributed by atoms with Gasteiger partial charge in [0.2, 0.25) is 0 Å². The van der Waals surface area contributed by atoms with Crippen molar-refractivity contribution in [2.75, 3.05) is 12.4 Å². The highest BCUT2D eigenvalue weighted by Gasteiger charge is 2.13. The van der Waals surface area contributed by atoms with Crippen LogP contribution < -0.4 is 0 Å². The fraction of sp³-hybridized carbons (Fsp3) is 0.136. The molecule has 0 aliphatic carbocycles. The van der Waals surface area contributed by atoms with Gasteiger partial charge in [0.05, 0.1) is 22.9 Å². The van der Waals surface area contributed by atoms with E-state index in [9.17, 15) is 8.42 Å². The fourth-order valence-corrected chi connectivity index (χ4v) is 3.77.